The van der Waals surface area contributed by atoms with Gasteiger partial charge in [0.25, 0.3) is 0 Å². The van der Waals surface area contributed by atoms with E-state index in [1.165, 1.54) is 5.56 Å². The summed E-state index contributed by atoms with van der Waals surface area (Å²) in [5, 5.41) is 0. The van der Waals surface area contributed by atoms with Crippen molar-refractivity contribution in [3.05, 3.63) is 46.5 Å². The van der Waals surface area contributed by atoms with Gasteiger partial charge in [-0.1, -0.05) is 29.8 Å². The molecule has 0 aliphatic carbocycles. The largest absolute Gasteiger partial charge is 0.487 e. The lowest BCUT2D eigenvalue weighted by Gasteiger charge is -2.14. The van der Waals surface area contributed by atoms with E-state index in [9.17, 15) is 0 Å². The second-order valence-corrected chi connectivity index (χ2v) is 5.54. The third-order valence-electron chi connectivity index (χ3n) is 2.89. The zero-order chi connectivity index (χ0) is 13.1. The summed E-state index contributed by atoms with van der Waals surface area (Å²) in [4.78, 5) is 4.08. The summed E-state index contributed by atoms with van der Waals surface area (Å²) in [6.45, 7) is 4.87. The van der Waals surface area contributed by atoms with Crippen molar-refractivity contribution >= 4 is 15.9 Å². The van der Waals surface area contributed by atoms with Gasteiger partial charge in [-0.25, -0.2) is 4.98 Å². The van der Waals surface area contributed by atoms with E-state index >= 15 is 0 Å². The summed E-state index contributed by atoms with van der Waals surface area (Å²) in [6, 6.07) is 6.13. The molecule has 0 fully saturated rings. The van der Waals surface area contributed by atoms with Crippen molar-refractivity contribution in [2.24, 2.45) is 7.05 Å². The SMILES string of the molecule is CC(C)c1cc(Br)ccc1OCc1cncn1C. The summed E-state index contributed by atoms with van der Waals surface area (Å²) in [5.74, 6) is 1.37. The molecule has 2 aromatic rings. The molecule has 2 rings (SSSR count). The third kappa shape index (κ3) is 2.93. The summed E-state index contributed by atoms with van der Waals surface area (Å²) < 4.78 is 8.95. The van der Waals surface area contributed by atoms with Gasteiger partial charge in [-0.3, -0.25) is 0 Å². The zero-order valence-corrected chi connectivity index (χ0v) is 12.4. The average Bonchev–Trinajstić information content (AvgIpc) is 2.73. The molecule has 3 nitrogen and oxygen atoms in total. The summed E-state index contributed by atoms with van der Waals surface area (Å²) in [6.07, 6.45) is 3.61. The molecule has 96 valence electrons. The van der Waals surface area contributed by atoms with Gasteiger partial charge >= 0.3 is 0 Å². The number of halogens is 1. The van der Waals surface area contributed by atoms with Gasteiger partial charge in [0, 0.05) is 11.5 Å². The van der Waals surface area contributed by atoms with Gasteiger partial charge in [-0.15, -0.1) is 0 Å². The third-order valence-corrected chi connectivity index (χ3v) is 3.38. The molecule has 1 aromatic carbocycles. The molecule has 0 radical (unpaired) electrons. The van der Waals surface area contributed by atoms with Crippen LogP contribution in [0.4, 0.5) is 0 Å². The van der Waals surface area contributed by atoms with Gasteiger partial charge in [0.15, 0.2) is 0 Å². The highest BCUT2D eigenvalue weighted by Gasteiger charge is 2.09. The highest BCUT2D eigenvalue weighted by Crippen LogP contribution is 2.30. The van der Waals surface area contributed by atoms with Crippen molar-refractivity contribution in [2.45, 2.75) is 26.4 Å². The van der Waals surface area contributed by atoms with Gasteiger partial charge in [-0.05, 0) is 29.7 Å². The Morgan fingerprint density at radius 3 is 2.78 bits per heavy atom. The lowest BCUT2D eigenvalue weighted by Crippen LogP contribution is -2.03. The van der Waals surface area contributed by atoms with Crippen LogP contribution in [0.15, 0.2) is 35.2 Å². The van der Waals surface area contributed by atoms with Crippen LogP contribution in [0.5, 0.6) is 5.75 Å². The van der Waals surface area contributed by atoms with Gasteiger partial charge in [-0.2, -0.15) is 0 Å². The quantitative estimate of drug-likeness (QED) is 0.857. The minimum absolute atomic E-state index is 0.434. The van der Waals surface area contributed by atoms with E-state index in [1.54, 1.807) is 6.33 Å². The molecular weight excluding hydrogens is 292 g/mol. The fourth-order valence-electron chi connectivity index (χ4n) is 1.78. The number of nitrogens with zero attached hydrogens (tertiary/aromatic N) is 2. The van der Waals surface area contributed by atoms with Crippen LogP contribution in [0.2, 0.25) is 0 Å². The maximum absolute atomic E-state index is 5.90. The highest BCUT2D eigenvalue weighted by molar-refractivity contribution is 9.10. The molecule has 1 aromatic heterocycles. The van der Waals surface area contributed by atoms with Crippen molar-refractivity contribution in [3.8, 4) is 5.75 Å². The van der Waals surface area contributed by atoms with Gasteiger partial charge < -0.3 is 9.30 Å². The van der Waals surface area contributed by atoms with Gasteiger partial charge in [0.2, 0.25) is 0 Å². The number of rotatable bonds is 4. The van der Waals surface area contributed by atoms with E-state index in [-0.39, 0.29) is 0 Å². The number of imidazole rings is 1. The Balaban J connectivity index is 2.16. The summed E-state index contributed by atoms with van der Waals surface area (Å²) in [7, 11) is 1.97. The lowest BCUT2D eigenvalue weighted by molar-refractivity contribution is 0.293. The first-order chi connectivity index (χ1) is 8.58. The second-order valence-electron chi connectivity index (χ2n) is 4.62. The lowest BCUT2D eigenvalue weighted by atomic mass is 10.0. The molecule has 0 atom stereocenters. The molecule has 0 spiro atoms. The van der Waals surface area contributed by atoms with E-state index in [4.69, 9.17) is 4.74 Å². The van der Waals surface area contributed by atoms with Crippen LogP contribution in [-0.2, 0) is 13.7 Å². The minimum Gasteiger partial charge on any atom is -0.487 e. The van der Waals surface area contributed by atoms with Crippen LogP contribution in [0.3, 0.4) is 0 Å². The van der Waals surface area contributed by atoms with E-state index in [0.717, 1.165) is 15.9 Å². The number of ether oxygens (including phenoxy) is 1. The number of aryl methyl sites for hydroxylation is 1. The number of benzene rings is 1. The zero-order valence-electron chi connectivity index (χ0n) is 10.9. The van der Waals surface area contributed by atoms with Crippen LogP contribution < -0.4 is 4.74 Å². The molecule has 0 amide bonds. The predicted octanol–water partition coefficient (Wildman–Crippen LogP) is 3.89. The van der Waals surface area contributed by atoms with Crippen molar-refractivity contribution in [1.29, 1.82) is 0 Å². The molecule has 4 heteroatoms. The fraction of sp³-hybridized carbons (Fsp3) is 0.357. The highest BCUT2D eigenvalue weighted by atomic mass is 79.9. The average molecular weight is 309 g/mol. The van der Waals surface area contributed by atoms with Gasteiger partial charge in [0.1, 0.15) is 12.4 Å². The second kappa shape index (κ2) is 5.57. The monoisotopic (exact) mass is 308 g/mol. The van der Waals surface area contributed by atoms with Crippen LogP contribution in [0.25, 0.3) is 0 Å². The molecule has 0 saturated heterocycles. The maximum atomic E-state index is 5.90. The molecule has 18 heavy (non-hydrogen) atoms. The topological polar surface area (TPSA) is 27.1 Å². The molecule has 0 N–H and O–H groups in total. The Kier molecular flexibility index (Phi) is 4.07. The smallest absolute Gasteiger partial charge is 0.130 e. The number of hydrogen-bond acceptors (Lipinski definition) is 2. The maximum Gasteiger partial charge on any atom is 0.130 e. The van der Waals surface area contributed by atoms with Crippen LogP contribution >= 0.6 is 15.9 Å². The van der Waals surface area contributed by atoms with Crippen LogP contribution in [0, 0.1) is 0 Å². The van der Waals surface area contributed by atoms with Crippen molar-refractivity contribution in [1.82, 2.24) is 9.55 Å². The standard InChI is InChI=1S/C14H17BrN2O/c1-10(2)13-6-11(15)4-5-14(13)18-8-12-7-16-9-17(12)3/h4-7,9-10H,8H2,1-3H3. The van der Waals surface area contributed by atoms with Crippen molar-refractivity contribution < 1.29 is 4.74 Å². The number of aromatic nitrogens is 2. The van der Waals surface area contributed by atoms with Crippen LogP contribution in [-0.4, -0.2) is 9.55 Å². The first kappa shape index (κ1) is 13.1. The number of hydrogen-bond donors (Lipinski definition) is 0. The molecule has 0 aliphatic rings. The molecule has 1 heterocycles. The Bertz CT molecular complexity index is 534. The Labute approximate surface area is 116 Å². The van der Waals surface area contributed by atoms with Crippen LogP contribution in [0.1, 0.15) is 31.0 Å². The van der Waals surface area contributed by atoms with E-state index in [0.29, 0.717) is 12.5 Å². The first-order valence-corrected chi connectivity index (χ1v) is 6.74. The molecular formula is C14H17BrN2O. The first-order valence-electron chi connectivity index (χ1n) is 5.95. The van der Waals surface area contributed by atoms with Crippen molar-refractivity contribution in [2.75, 3.05) is 0 Å². The molecule has 0 unspecified atom stereocenters. The molecule has 0 aliphatic heterocycles. The predicted molar refractivity (Wildman–Crippen MR) is 75.8 cm³/mol. The summed E-state index contributed by atoms with van der Waals surface area (Å²) in [5.41, 5.74) is 2.28. The fourth-order valence-corrected chi connectivity index (χ4v) is 2.16. The molecule has 0 saturated carbocycles. The normalized spacial score (nSPS) is 10.9. The Hall–Kier alpha value is -1.29. The van der Waals surface area contributed by atoms with Crippen molar-refractivity contribution in [3.63, 3.8) is 0 Å². The minimum atomic E-state index is 0.434. The summed E-state index contributed by atoms with van der Waals surface area (Å²) >= 11 is 3.50. The molecule has 0 bridgehead atoms. The Morgan fingerprint density at radius 2 is 2.17 bits per heavy atom. The Morgan fingerprint density at radius 1 is 1.39 bits per heavy atom. The van der Waals surface area contributed by atoms with E-state index < -0.39 is 0 Å². The van der Waals surface area contributed by atoms with E-state index in [1.807, 2.05) is 29.9 Å². The van der Waals surface area contributed by atoms with E-state index in [2.05, 4.69) is 40.8 Å². The van der Waals surface area contributed by atoms with Gasteiger partial charge in [0.05, 0.1) is 18.2 Å².